The lowest BCUT2D eigenvalue weighted by Crippen LogP contribution is -2.51. The molecule has 0 saturated carbocycles. The van der Waals surface area contributed by atoms with Gasteiger partial charge in [-0.15, -0.1) is 0 Å². The smallest absolute Gasteiger partial charge is 0.222 e. The number of nitrogens with one attached hydrogen (secondary N) is 1. The third-order valence-corrected chi connectivity index (χ3v) is 3.83. The van der Waals surface area contributed by atoms with Crippen LogP contribution in [0.25, 0.3) is 0 Å². The SMILES string of the molecule is CC(C)NCCCCCC(=O)N1CC(C(C)C)C1. The Hall–Kier alpha value is -0.570. The third kappa shape index (κ3) is 5.38. The molecule has 0 aromatic rings. The molecule has 1 N–H and O–H groups in total. The molecule has 1 aliphatic heterocycles. The quantitative estimate of drug-likeness (QED) is 0.675. The Kier molecular flexibility index (Phi) is 6.69. The number of nitrogens with zero attached hydrogens (tertiary/aromatic N) is 1. The Morgan fingerprint density at radius 2 is 1.83 bits per heavy atom. The molecule has 1 rings (SSSR count). The zero-order valence-electron chi connectivity index (χ0n) is 12.5. The second-order valence-electron chi connectivity index (χ2n) is 6.22. The highest BCUT2D eigenvalue weighted by atomic mass is 16.2. The fraction of sp³-hybridized carbons (Fsp3) is 0.933. The summed E-state index contributed by atoms with van der Waals surface area (Å²) in [5.74, 6) is 1.82. The van der Waals surface area contributed by atoms with Crippen LogP contribution in [-0.4, -0.2) is 36.5 Å². The molecule has 18 heavy (non-hydrogen) atoms. The van der Waals surface area contributed by atoms with Gasteiger partial charge in [-0.3, -0.25) is 4.79 Å². The molecule has 0 aromatic carbocycles. The monoisotopic (exact) mass is 254 g/mol. The van der Waals surface area contributed by atoms with E-state index in [1.807, 2.05) is 4.90 Å². The lowest BCUT2D eigenvalue weighted by molar-refractivity contribution is -0.138. The van der Waals surface area contributed by atoms with Crippen LogP contribution in [0.15, 0.2) is 0 Å². The number of hydrogen-bond acceptors (Lipinski definition) is 2. The van der Waals surface area contributed by atoms with Crippen molar-refractivity contribution in [1.29, 1.82) is 0 Å². The summed E-state index contributed by atoms with van der Waals surface area (Å²) in [6.45, 7) is 11.9. The molecule has 106 valence electrons. The minimum absolute atomic E-state index is 0.365. The van der Waals surface area contributed by atoms with Gasteiger partial charge in [0.15, 0.2) is 0 Å². The number of amides is 1. The Balaban J connectivity index is 1.95. The van der Waals surface area contributed by atoms with Crippen molar-refractivity contribution in [3.05, 3.63) is 0 Å². The van der Waals surface area contributed by atoms with E-state index in [-0.39, 0.29) is 0 Å². The summed E-state index contributed by atoms with van der Waals surface area (Å²) in [6, 6.07) is 0.570. The largest absolute Gasteiger partial charge is 0.342 e. The molecule has 1 saturated heterocycles. The van der Waals surface area contributed by atoms with Gasteiger partial charge in [0, 0.05) is 25.6 Å². The number of likely N-dealkylation sites (tertiary alicyclic amines) is 1. The summed E-state index contributed by atoms with van der Waals surface area (Å²) in [5, 5.41) is 3.40. The van der Waals surface area contributed by atoms with E-state index in [4.69, 9.17) is 0 Å². The van der Waals surface area contributed by atoms with Crippen LogP contribution in [0.4, 0.5) is 0 Å². The third-order valence-electron chi connectivity index (χ3n) is 3.83. The molecular formula is C15H30N2O. The predicted octanol–water partition coefficient (Wildman–Crippen LogP) is 2.66. The van der Waals surface area contributed by atoms with Gasteiger partial charge in [-0.1, -0.05) is 34.1 Å². The maximum Gasteiger partial charge on any atom is 0.222 e. The van der Waals surface area contributed by atoms with Gasteiger partial charge < -0.3 is 10.2 Å². The highest BCUT2D eigenvalue weighted by Crippen LogP contribution is 2.24. The van der Waals surface area contributed by atoms with Gasteiger partial charge in [-0.25, -0.2) is 0 Å². The van der Waals surface area contributed by atoms with Crippen LogP contribution >= 0.6 is 0 Å². The Morgan fingerprint density at radius 1 is 1.17 bits per heavy atom. The Morgan fingerprint density at radius 3 is 2.39 bits per heavy atom. The number of carbonyl (C=O) groups excluding carboxylic acids is 1. The van der Waals surface area contributed by atoms with Gasteiger partial charge in [-0.2, -0.15) is 0 Å². The Bertz CT molecular complexity index is 245. The first-order chi connectivity index (χ1) is 8.50. The minimum Gasteiger partial charge on any atom is -0.342 e. The lowest BCUT2D eigenvalue weighted by atomic mass is 9.88. The number of hydrogen-bond donors (Lipinski definition) is 1. The average molecular weight is 254 g/mol. The van der Waals surface area contributed by atoms with Gasteiger partial charge in [0.1, 0.15) is 0 Å². The van der Waals surface area contributed by atoms with E-state index in [0.29, 0.717) is 11.9 Å². The minimum atomic E-state index is 0.365. The lowest BCUT2D eigenvalue weighted by Gasteiger charge is -2.41. The van der Waals surface area contributed by atoms with E-state index < -0.39 is 0 Å². The van der Waals surface area contributed by atoms with Crippen LogP contribution in [0.2, 0.25) is 0 Å². The van der Waals surface area contributed by atoms with Gasteiger partial charge in [0.2, 0.25) is 5.91 Å². The molecule has 0 radical (unpaired) electrons. The van der Waals surface area contributed by atoms with Crippen molar-refractivity contribution in [3.8, 4) is 0 Å². The van der Waals surface area contributed by atoms with Crippen LogP contribution in [0, 0.1) is 11.8 Å². The second-order valence-corrected chi connectivity index (χ2v) is 6.22. The average Bonchev–Trinajstić information content (AvgIpc) is 2.19. The number of rotatable bonds is 8. The van der Waals surface area contributed by atoms with Gasteiger partial charge in [0.05, 0.1) is 0 Å². The highest BCUT2D eigenvalue weighted by molar-refractivity contribution is 5.76. The van der Waals surface area contributed by atoms with E-state index in [9.17, 15) is 4.79 Å². The first kappa shape index (κ1) is 15.5. The maximum atomic E-state index is 11.8. The summed E-state index contributed by atoms with van der Waals surface area (Å²) < 4.78 is 0. The zero-order valence-corrected chi connectivity index (χ0v) is 12.5. The van der Waals surface area contributed by atoms with Crippen LogP contribution in [0.3, 0.4) is 0 Å². The molecule has 0 bridgehead atoms. The van der Waals surface area contributed by atoms with E-state index in [1.54, 1.807) is 0 Å². The standard InChI is InChI=1S/C15H30N2O/c1-12(2)14-10-17(11-14)15(18)8-6-5-7-9-16-13(3)4/h12-14,16H,5-11H2,1-4H3. The maximum absolute atomic E-state index is 11.8. The molecule has 1 aliphatic rings. The molecule has 1 fully saturated rings. The van der Waals surface area contributed by atoms with Crippen LogP contribution in [0.1, 0.15) is 53.4 Å². The molecule has 0 atom stereocenters. The van der Waals surface area contributed by atoms with Gasteiger partial charge in [0.25, 0.3) is 0 Å². The summed E-state index contributed by atoms with van der Waals surface area (Å²) in [6.07, 6.45) is 4.13. The van der Waals surface area contributed by atoms with E-state index in [1.165, 1.54) is 6.42 Å². The first-order valence-electron chi connectivity index (χ1n) is 7.52. The Labute approximate surface area is 112 Å². The summed E-state index contributed by atoms with van der Waals surface area (Å²) in [5.41, 5.74) is 0. The van der Waals surface area contributed by atoms with Crippen molar-refractivity contribution in [2.75, 3.05) is 19.6 Å². The van der Waals surface area contributed by atoms with E-state index in [0.717, 1.165) is 50.7 Å². The van der Waals surface area contributed by atoms with Crippen molar-refractivity contribution < 1.29 is 4.79 Å². The van der Waals surface area contributed by atoms with Crippen molar-refractivity contribution >= 4 is 5.91 Å². The van der Waals surface area contributed by atoms with Gasteiger partial charge in [-0.05, 0) is 31.2 Å². The molecule has 0 aromatic heterocycles. The normalized spacial score (nSPS) is 16.4. The topological polar surface area (TPSA) is 32.3 Å². The van der Waals surface area contributed by atoms with Crippen molar-refractivity contribution in [1.82, 2.24) is 10.2 Å². The predicted molar refractivity (Wildman–Crippen MR) is 76.5 cm³/mol. The molecule has 3 nitrogen and oxygen atoms in total. The van der Waals surface area contributed by atoms with Crippen LogP contribution in [-0.2, 0) is 4.79 Å². The summed E-state index contributed by atoms with van der Waals surface area (Å²) in [7, 11) is 0. The molecule has 0 spiro atoms. The van der Waals surface area contributed by atoms with Crippen molar-refractivity contribution in [2.24, 2.45) is 11.8 Å². The second kappa shape index (κ2) is 7.78. The zero-order chi connectivity index (χ0) is 13.5. The van der Waals surface area contributed by atoms with Gasteiger partial charge >= 0.3 is 0 Å². The summed E-state index contributed by atoms with van der Waals surface area (Å²) in [4.78, 5) is 13.9. The summed E-state index contributed by atoms with van der Waals surface area (Å²) >= 11 is 0. The van der Waals surface area contributed by atoms with E-state index >= 15 is 0 Å². The number of carbonyl (C=O) groups is 1. The molecule has 0 unspecified atom stereocenters. The molecule has 0 aliphatic carbocycles. The van der Waals surface area contributed by atoms with Crippen LogP contribution < -0.4 is 5.32 Å². The van der Waals surface area contributed by atoms with Crippen molar-refractivity contribution in [2.45, 2.75) is 59.4 Å². The first-order valence-corrected chi connectivity index (χ1v) is 7.52. The fourth-order valence-corrected chi connectivity index (χ4v) is 2.26. The molecular weight excluding hydrogens is 224 g/mol. The fourth-order valence-electron chi connectivity index (χ4n) is 2.26. The van der Waals surface area contributed by atoms with E-state index in [2.05, 4.69) is 33.0 Å². The number of unbranched alkanes of at least 4 members (excludes halogenated alkanes) is 2. The molecule has 1 heterocycles. The van der Waals surface area contributed by atoms with Crippen molar-refractivity contribution in [3.63, 3.8) is 0 Å². The molecule has 1 amide bonds. The van der Waals surface area contributed by atoms with Crippen LogP contribution in [0.5, 0.6) is 0 Å². The molecule has 3 heteroatoms. The highest BCUT2D eigenvalue weighted by Gasteiger charge is 2.31.